The molecule has 11 nitrogen and oxygen atoms in total. The van der Waals surface area contributed by atoms with E-state index >= 15 is 0 Å². The van der Waals surface area contributed by atoms with Crippen LogP contribution in [0.1, 0.15) is 42.8 Å². The Hall–Kier alpha value is -4.74. The zero-order chi connectivity index (χ0) is 29.5. The zero-order valence-corrected chi connectivity index (χ0v) is 23.9. The number of nitrogens with zero attached hydrogens (tertiary/aromatic N) is 6. The monoisotopic (exact) mass is 577 g/mol. The summed E-state index contributed by atoms with van der Waals surface area (Å²) in [5.74, 6) is 0.599. The molecule has 218 valence electrons. The molecule has 43 heavy (non-hydrogen) atoms. The number of hydrogen-bond acceptors (Lipinski definition) is 9. The number of aryl methyl sites for hydroxylation is 1. The van der Waals surface area contributed by atoms with Gasteiger partial charge in [-0.3, -0.25) is 19.0 Å². The second kappa shape index (κ2) is 11.2. The number of hydroxylamine groups is 2. The highest BCUT2D eigenvalue weighted by Crippen LogP contribution is 2.42. The molecule has 2 fully saturated rings. The Morgan fingerprint density at radius 3 is 2.60 bits per heavy atom. The van der Waals surface area contributed by atoms with Gasteiger partial charge < -0.3 is 4.74 Å². The maximum atomic E-state index is 14.1. The van der Waals surface area contributed by atoms with Gasteiger partial charge in [0.2, 0.25) is 5.82 Å². The molecule has 0 saturated carbocycles. The van der Waals surface area contributed by atoms with Crippen LogP contribution in [0, 0.1) is 5.92 Å². The summed E-state index contributed by atoms with van der Waals surface area (Å²) in [6, 6.07) is 21.4. The Labute approximate surface area is 247 Å². The number of rotatable bonds is 8. The summed E-state index contributed by atoms with van der Waals surface area (Å²) >= 11 is 0. The van der Waals surface area contributed by atoms with Gasteiger partial charge in [0, 0.05) is 19.0 Å². The second-order valence-electron chi connectivity index (χ2n) is 11.1. The number of tetrazole rings is 1. The number of unbranched alkanes of at least 4 members (excludes halogenated alkanes) is 1. The quantitative estimate of drug-likeness (QED) is 0.271. The van der Waals surface area contributed by atoms with Gasteiger partial charge in [0.15, 0.2) is 0 Å². The fraction of sp³-hybridized carbons (Fsp3) is 0.312. The molecule has 0 spiro atoms. The van der Waals surface area contributed by atoms with E-state index in [4.69, 9.17) is 14.6 Å². The molecule has 7 rings (SSSR count). The van der Waals surface area contributed by atoms with E-state index in [1.54, 1.807) is 9.63 Å². The van der Waals surface area contributed by atoms with Crippen LogP contribution in [0.15, 0.2) is 71.5 Å². The van der Waals surface area contributed by atoms with Crippen molar-refractivity contribution in [3.8, 4) is 22.5 Å². The van der Waals surface area contributed by atoms with Gasteiger partial charge in [-0.1, -0.05) is 67.9 Å². The molecule has 3 aromatic carbocycles. The van der Waals surface area contributed by atoms with Crippen molar-refractivity contribution in [3.05, 3.63) is 94.0 Å². The summed E-state index contributed by atoms with van der Waals surface area (Å²) in [6.07, 6.45) is 2.31. The van der Waals surface area contributed by atoms with Crippen LogP contribution in [0.2, 0.25) is 0 Å². The van der Waals surface area contributed by atoms with Gasteiger partial charge in [-0.25, -0.2) is 4.98 Å². The second-order valence-corrected chi connectivity index (χ2v) is 11.1. The van der Waals surface area contributed by atoms with Gasteiger partial charge in [-0.05, 0) is 46.0 Å². The molecule has 0 aliphatic carbocycles. The normalized spacial score (nSPS) is 20.0. The summed E-state index contributed by atoms with van der Waals surface area (Å²) in [5, 5.41) is 16.7. The fourth-order valence-corrected chi connectivity index (χ4v) is 6.20. The Kier molecular flexibility index (Phi) is 7.04. The standard InChI is InChI=1S/C32H31N7O4/c1-3-4-9-27-33-25-15-14-21(29-28-26(43-38(29)2)18-42-32(28)41)16-24(25)31(40)39(27)17-19-10-12-20(13-11-19)22-7-5-6-8-23(22)30-34-36-37-35-30/h5-8,10-16,26,28-29H,3-4,9,17-18H2,1-2H3,(H,34,35,36,37)/t26-,28+,29-/m0/s1. The predicted molar refractivity (Wildman–Crippen MR) is 159 cm³/mol. The molecular formula is C32H31N7O4. The van der Waals surface area contributed by atoms with E-state index in [2.05, 4.69) is 27.5 Å². The van der Waals surface area contributed by atoms with Crippen molar-refractivity contribution >= 4 is 16.9 Å². The van der Waals surface area contributed by atoms with Gasteiger partial charge in [0.25, 0.3) is 5.56 Å². The van der Waals surface area contributed by atoms with Crippen molar-refractivity contribution in [3.63, 3.8) is 0 Å². The molecular weight excluding hydrogens is 546 g/mol. The maximum absolute atomic E-state index is 14.1. The average molecular weight is 578 g/mol. The van der Waals surface area contributed by atoms with Crippen LogP contribution in [0.3, 0.4) is 0 Å². The third kappa shape index (κ3) is 4.90. The molecule has 2 aliphatic rings. The van der Waals surface area contributed by atoms with Crippen molar-refractivity contribution in [2.75, 3.05) is 13.7 Å². The number of esters is 1. The minimum atomic E-state index is -0.426. The van der Waals surface area contributed by atoms with Crippen molar-refractivity contribution < 1.29 is 14.4 Å². The first-order valence-electron chi connectivity index (χ1n) is 14.5. The minimum Gasteiger partial charge on any atom is -0.462 e. The lowest BCUT2D eigenvalue weighted by Crippen LogP contribution is -2.27. The summed E-state index contributed by atoms with van der Waals surface area (Å²) in [7, 11) is 1.81. The Bertz CT molecular complexity index is 1850. The minimum absolute atomic E-state index is 0.100. The van der Waals surface area contributed by atoms with Gasteiger partial charge in [0.05, 0.1) is 23.5 Å². The van der Waals surface area contributed by atoms with Crippen molar-refractivity contribution in [1.82, 2.24) is 35.2 Å². The number of benzene rings is 3. The highest BCUT2D eigenvalue weighted by atomic mass is 16.7. The number of ether oxygens (including phenoxy) is 1. The smallest absolute Gasteiger partial charge is 0.313 e. The lowest BCUT2D eigenvalue weighted by molar-refractivity contribution is -0.161. The first-order chi connectivity index (χ1) is 21.0. The number of cyclic esters (lactones) is 1. The molecule has 11 heteroatoms. The van der Waals surface area contributed by atoms with Crippen LogP contribution in [0.4, 0.5) is 0 Å². The number of carbonyl (C=O) groups excluding carboxylic acids is 1. The highest BCUT2D eigenvalue weighted by Gasteiger charge is 2.52. The SMILES string of the molecule is CCCCc1nc2ccc([C@H]3[C@@H]4C(=O)OC[C@@H]4ON3C)cc2c(=O)n1Cc1ccc(-c2ccccc2-c2nn[nH]n2)cc1. The lowest BCUT2D eigenvalue weighted by atomic mass is 9.90. The predicted octanol–water partition coefficient (Wildman–Crippen LogP) is 4.09. The molecule has 4 heterocycles. The molecule has 0 amide bonds. The molecule has 2 aliphatic heterocycles. The molecule has 3 atom stereocenters. The number of H-pyrrole nitrogens is 1. The topological polar surface area (TPSA) is 128 Å². The van der Waals surface area contributed by atoms with E-state index in [9.17, 15) is 9.59 Å². The third-order valence-corrected chi connectivity index (χ3v) is 8.37. The van der Waals surface area contributed by atoms with E-state index in [-0.39, 0.29) is 30.3 Å². The number of aromatic nitrogens is 6. The number of carbonyl (C=O) groups is 1. The largest absolute Gasteiger partial charge is 0.462 e. The first kappa shape index (κ1) is 27.1. The molecule has 2 aromatic heterocycles. The molecule has 2 saturated heterocycles. The van der Waals surface area contributed by atoms with Crippen molar-refractivity contribution in [2.24, 2.45) is 5.92 Å². The molecule has 5 aromatic rings. The van der Waals surface area contributed by atoms with Crippen LogP contribution < -0.4 is 5.56 Å². The molecule has 1 N–H and O–H groups in total. The van der Waals surface area contributed by atoms with Gasteiger partial charge in [-0.2, -0.15) is 10.3 Å². The van der Waals surface area contributed by atoms with Gasteiger partial charge in [-0.15, -0.1) is 10.2 Å². The Morgan fingerprint density at radius 2 is 1.84 bits per heavy atom. The molecule has 0 radical (unpaired) electrons. The number of nitrogens with one attached hydrogen (secondary N) is 1. The maximum Gasteiger partial charge on any atom is 0.313 e. The summed E-state index contributed by atoms with van der Waals surface area (Å²) in [6.45, 7) is 2.76. The van der Waals surface area contributed by atoms with E-state index < -0.39 is 5.92 Å². The Balaban J connectivity index is 1.24. The van der Waals surface area contributed by atoms with Crippen molar-refractivity contribution in [2.45, 2.75) is 44.9 Å². The molecule has 0 unspecified atom stereocenters. The van der Waals surface area contributed by atoms with E-state index in [1.807, 2.05) is 73.8 Å². The number of hydrogen-bond donors (Lipinski definition) is 1. The first-order valence-corrected chi connectivity index (χ1v) is 14.5. The fourth-order valence-electron chi connectivity index (χ4n) is 6.20. The van der Waals surface area contributed by atoms with Crippen LogP contribution in [0.25, 0.3) is 33.4 Å². The summed E-state index contributed by atoms with van der Waals surface area (Å²) in [4.78, 5) is 37.4. The van der Waals surface area contributed by atoms with Crippen LogP contribution in [-0.4, -0.2) is 61.0 Å². The van der Waals surface area contributed by atoms with E-state index in [1.165, 1.54) is 0 Å². The third-order valence-electron chi connectivity index (χ3n) is 8.37. The van der Waals surface area contributed by atoms with Crippen LogP contribution >= 0.6 is 0 Å². The lowest BCUT2D eigenvalue weighted by Gasteiger charge is -2.21. The Morgan fingerprint density at radius 1 is 1.02 bits per heavy atom. The zero-order valence-electron chi connectivity index (χ0n) is 23.9. The van der Waals surface area contributed by atoms with E-state index in [0.29, 0.717) is 29.7 Å². The average Bonchev–Trinajstić information content (AvgIpc) is 3.77. The van der Waals surface area contributed by atoms with Gasteiger partial charge >= 0.3 is 5.97 Å². The highest BCUT2D eigenvalue weighted by molar-refractivity contribution is 5.81. The molecule has 0 bridgehead atoms. The van der Waals surface area contributed by atoms with E-state index in [0.717, 1.165) is 46.5 Å². The summed E-state index contributed by atoms with van der Waals surface area (Å²) < 4.78 is 7.04. The van der Waals surface area contributed by atoms with Crippen LogP contribution in [-0.2, 0) is 27.3 Å². The van der Waals surface area contributed by atoms with Crippen LogP contribution in [0.5, 0.6) is 0 Å². The number of aromatic amines is 1. The number of fused-ring (bicyclic) bond motifs is 2. The van der Waals surface area contributed by atoms with Crippen molar-refractivity contribution in [1.29, 1.82) is 0 Å². The summed E-state index contributed by atoms with van der Waals surface area (Å²) in [5.41, 5.74) is 5.25. The van der Waals surface area contributed by atoms with Gasteiger partial charge in [0.1, 0.15) is 24.5 Å².